The van der Waals surface area contributed by atoms with Crippen molar-refractivity contribution >= 4 is 32.0 Å². The Bertz CT molecular complexity index is 1510. The molecule has 5 rings (SSSR count). The van der Waals surface area contributed by atoms with Crippen molar-refractivity contribution in [2.24, 2.45) is 0 Å². The van der Waals surface area contributed by atoms with Gasteiger partial charge in [0.05, 0.1) is 35.0 Å². The van der Waals surface area contributed by atoms with E-state index >= 15 is 4.39 Å². The van der Waals surface area contributed by atoms with Crippen molar-refractivity contribution in [1.29, 1.82) is 5.26 Å². The Morgan fingerprint density at radius 3 is 2.75 bits per heavy atom. The Morgan fingerprint density at radius 1 is 1.25 bits per heavy atom. The first kappa shape index (κ1) is 20.5. The minimum absolute atomic E-state index is 0.00822. The van der Waals surface area contributed by atoms with E-state index < -0.39 is 27.2 Å². The van der Waals surface area contributed by atoms with Gasteiger partial charge in [-0.15, -0.1) is 0 Å². The maximum atomic E-state index is 15.1. The van der Waals surface area contributed by atoms with Crippen LogP contribution in [0.4, 0.5) is 8.78 Å². The summed E-state index contributed by atoms with van der Waals surface area (Å²) >= 11 is 0. The third kappa shape index (κ3) is 2.83. The molecule has 0 amide bonds. The summed E-state index contributed by atoms with van der Waals surface area (Å²) in [6, 6.07) is 6.35. The van der Waals surface area contributed by atoms with Gasteiger partial charge in [0.1, 0.15) is 12.0 Å². The number of rotatable bonds is 5. The Kier molecular flexibility index (Phi) is 4.54. The molecule has 1 N–H and O–H groups in total. The topological polar surface area (TPSA) is 108 Å². The standard InChI is InChI=1S/C21H18F2N6O2S/c1-2-32(30,31)28-10-21(11-28,6-7-24)29-9-14(17-16(29)4-3-15(22)18(17)23)19-13-5-8-25-20(13)27-12-26-19/h3-5,8-9,12H,2,6,10-11H2,1H3,(H,25,26,27). The van der Waals surface area contributed by atoms with Crippen molar-refractivity contribution in [3.05, 3.63) is 48.6 Å². The zero-order valence-electron chi connectivity index (χ0n) is 17.0. The molecule has 0 spiro atoms. The quantitative estimate of drug-likeness (QED) is 0.496. The van der Waals surface area contributed by atoms with Gasteiger partial charge in [-0.25, -0.2) is 27.2 Å². The van der Waals surface area contributed by atoms with E-state index in [1.807, 2.05) is 0 Å². The van der Waals surface area contributed by atoms with E-state index in [2.05, 4.69) is 21.0 Å². The Hall–Kier alpha value is -3.36. The lowest BCUT2D eigenvalue weighted by molar-refractivity contribution is 0.0893. The first-order valence-corrected chi connectivity index (χ1v) is 11.5. The summed E-state index contributed by atoms with van der Waals surface area (Å²) in [7, 11) is -3.44. The average molecular weight is 456 g/mol. The number of halogens is 2. The summed E-state index contributed by atoms with van der Waals surface area (Å²) < 4.78 is 57.0. The summed E-state index contributed by atoms with van der Waals surface area (Å²) in [5.74, 6) is -2.09. The molecule has 0 radical (unpaired) electrons. The molecule has 0 atom stereocenters. The van der Waals surface area contributed by atoms with Crippen LogP contribution in [0.25, 0.3) is 33.2 Å². The fourth-order valence-corrected chi connectivity index (χ4v) is 5.64. The van der Waals surface area contributed by atoms with E-state index in [4.69, 9.17) is 0 Å². The zero-order chi connectivity index (χ0) is 22.7. The summed E-state index contributed by atoms with van der Waals surface area (Å²) in [5.41, 5.74) is 0.766. The van der Waals surface area contributed by atoms with Gasteiger partial charge in [-0.05, 0) is 25.1 Å². The van der Waals surface area contributed by atoms with Crippen molar-refractivity contribution in [3.8, 4) is 17.3 Å². The van der Waals surface area contributed by atoms with Crippen LogP contribution in [0.3, 0.4) is 0 Å². The fourth-order valence-electron chi connectivity index (χ4n) is 4.41. The number of nitriles is 1. The van der Waals surface area contributed by atoms with Crippen molar-refractivity contribution in [2.45, 2.75) is 18.9 Å². The smallest absolute Gasteiger partial charge is 0.213 e. The molecule has 4 aromatic rings. The average Bonchev–Trinajstić information content (AvgIpc) is 3.38. The molecule has 1 saturated heterocycles. The van der Waals surface area contributed by atoms with Gasteiger partial charge < -0.3 is 9.55 Å². The molecule has 164 valence electrons. The van der Waals surface area contributed by atoms with Gasteiger partial charge in [0, 0.05) is 41.8 Å². The predicted octanol–water partition coefficient (Wildman–Crippen LogP) is 3.13. The highest BCUT2D eigenvalue weighted by Crippen LogP contribution is 2.42. The van der Waals surface area contributed by atoms with Gasteiger partial charge in [-0.1, -0.05) is 0 Å². The number of nitrogens with zero attached hydrogens (tertiary/aromatic N) is 5. The van der Waals surface area contributed by atoms with Crippen LogP contribution >= 0.6 is 0 Å². The summed E-state index contributed by atoms with van der Waals surface area (Å²) in [5, 5.41) is 10.2. The molecule has 0 unspecified atom stereocenters. The van der Waals surface area contributed by atoms with E-state index in [9.17, 15) is 18.1 Å². The van der Waals surface area contributed by atoms with Gasteiger partial charge in [-0.3, -0.25) is 0 Å². The van der Waals surface area contributed by atoms with Crippen LogP contribution in [-0.2, 0) is 15.6 Å². The molecule has 0 bridgehead atoms. The molecule has 32 heavy (non-hydrogen) atoms. The highest BCUT2D eigenvalue weighted by Gasteiger charge is 2.49. The summed E-state index contributed by atoms with van der Waals surface area (Å²) in [6.45, 7) is 1.70. The van der Waals surface area contributed by atoms with Crippen LogP contribution in [0.15, 0.2) is 36.9 Å². The van der Waals surface area contributed by atoms with Gasteiger partial charge in [-0.2, -0.15) is 9.57 Å². The SMILES string of the molecule is CCS(=O)(=O)N1CC(CC#N)(n2cc(-c3ncnc4[nH]ccc34)c3c(F)c(F)ccc32)C1. The monoisotopic (exact) mass is 456 g/mol. The Labute approximate surface area is 182 Å². The molecule has 1 aromatic carbocycles. The van der Waals surface area contributed by atoms with Gasteiger partial charge in [0.15, 0.2) is 11.6 Å². The molecule has 0 aliphatic carbocycles. The Morgan fingerprint density at radius 2 is 2.03 bits per heavy atom. The molecule has 4 heterocycles. The molecule has 1 aliphatic rings. The lowest BCUT2D eigenvalue weighted by Crippen LogP contribution is -2.64. The maximum Gasteiger partial charge on any atom is 0.213 e. The number of aromatic amines is 1. The first-order chi connectivity index (χ1) is 15.3. The van der Waals surface area contributed by atoms with Crippen LogP contribution in [0.2, 0.25) is 0 Å². The molecule has 3 aromatic heterocycles. The normalized spacial score (nSPS) is 16.3. The highest BCUT2D eigenvalue weighted by molar-refractivity contribution is 7.89. The number of H-pyrrole nitrogens is 1. The van der Waals surface area contributed by atoms with Crippen molar-refractivity contribution in [1.82, 2.24) is 23.8 Å². The predicted molar refractivity (Wildman–Crippen MR) is 114 cm³/mol. The van der Waals surface area contributed by atoms with E-state index in [0.29, 0.717) is 27.8 Å². The minimum Gasteiger partial charge on any atom is -0.346 e. The molecule has 1 aliphatic heterocycles. The second-order valence-corrected chi connectivity index (χ2v) is 10.1. The molecular formula is C21H18F2N6O2S. The first-order valence-electron chi connectivity index (χ1n) is 9.94. The molecule has 8 nitrogen and oxygen atoms in total. The molecule has 0 saturated carbocycles. The van der Waals surface area contributed by atoms with Crippen molar-refractivity contribution < 1.29 is 17.2 Å². The number of nitrogens with one attached hydrogen (secondary N) is 1. The van der Waals surface area contributed by atoms with Gasteiger partial charge in [0.25, 0.3) is 0 Å². The van der Waals surface area contributed by atoms with Crippen LogP contribution < -0.4 is 0 Å². The van der Waals surface area contributed by atoms with Gasteiger partial charge in [0.2, 0.25) is 10.0 Å². The second kappa shape index (κ2) is 7.08. The number of fused-ring (bicyclic) bond motifs is 2. The van der Waals surface area contributed by atoms with Crippen molar-refractivity contribution in [2.75, 3.05) is 18.8 Å². The fraction of sp³-hybridized carbons (Fsp3) is 0.286. The summed E-state index contributed by atoms with van der Waals surface area (Å²) in [4.78, 5) is 11.4. The highest BCUT2D eigenvalue weighted by atomic mass is 32.2. The minimum atomic E-state index is -3.44. The van der Waals surface area contributed by atoms with Crippen LogP contribution in [0.1, 0.15) is 13.3 Å². The van der Waals surface area contributed by atoms with Crippen LogP contribution in [0, 0.1) is 23.0 Å². The molecule has 11 heteroatoms. The second-order valence-electron chi connectivity index (χ2n) is 7.86. The molecular weight excluding hydrogens is 438 g/mol. The van der Waals surface area contributed by atoms with Gasteiger partial charge >= 0.3 is 0 Å². The number of benzene rings is 1. The van der Waals surface area contributed by atoms with E-state index in [1.165, 1.54) is 16.7 Å². The largest absolute Gasteiger partial charge is 0.346 e. The summed E-state index contributed by atoms with van der Waals surface area (Å²) in [6.07, 6.45) is 4.65. The third-order valence-corrected chi connectivity index (χ3v) is 7.86. The van der Waals surface area contributed by atoms with Crippen LogP contribution in [-0.4, -0.2) is 51.1 Å². The van der Waals surface area contributed by atoms with E-state index in [-0.39, 0.29) is 30.6 Å². The Balaban J connectivity index is 1.76. The lowest BCUT2D eigenvalue weighted by atomic mass is 9.88. The number of sulfonamides is 1. The maximum absolute atomic E-state index is 15.1. The van der Waals surface area contributed by atoms with E-state index in [1.54, 1.807) is 30.0 Å². The number of hydrogen-bond donors (Lipinski definition) is 1. The zero-order valence-corrected chi connectivity index (χ0v) is 17.8. The number of hydrogen-bond acceptors (Lipinski definition) is 5. The third-order valence-electron chi connectivity index (χ3n) is 6.09. The van der Waals surface area contributed by atoms with Crippen LogP contribution in [0.5, 0.6) is 0 Å². The number of aromatic nitrogens is 4. The van der Waals surface area contributed by atoms with E-state index in [0.717, 1.165) is 6.07 Å². The lowest BCUT2D eigenvalue weighted by Gasteiger charge is -2.49. The van der Waals surface area contributed by atoms with Crippen molar-refractivity contribution in [3.63, 3.8) is 0 Å². The molecule has 1 fully saturated rings.